The van der Waals surface area contributed by atoms with Gasteiger partial charge in [-0.1, -0.05) is 30.3 Å². The van der Waals surface area contributed by atoms with E-state index in [4.69, 9.17) is 0 Å². The number of hydrogen-bond donors (Lipinski definition) is 1. The highest BCUT2D eigenvalue weighted by molar-refractivity contribution is 5.85. The first-order chi connectivity index (χ1) is 11.1. The Morgan fingerprint density at radius 2 is 2.00 bits per heavy atom. The zero-order valence-corrected chi connectivity index (χ0v) is 12.8. The number of non-ortho nitro benzene ring substituents is 1. The molecule has 1 N–H and O–H groups in total. The monoisotopic (exact) mass is 310 g/mol. The molecule has 0 saturated heterocycles. The Kier molecular flexibility index (Phi) is 4.12. The Bertz CT molecular complexity index is 854. The normalized spacial score (nSPS) is 12.4. The zero-order chi connectivity index (χ0) is 16.4. The molecule has 3 rings (SSSR count). The third-order valence-corrected chi connectivity index (χ3v) is 4.20. The Balaban J connectivity index is 2.14. The number of hydrogen-bond acceptors (Lipinski definition) is 3. The molecule has 1 atom stereocenters. The molecule has 0 radical (unpaired) electrons. The number of nitro groups is 1. The van der Waals surface area contributed by atoms with Crippen LogP contribution in [0.25, 0.3) is 10.9 Å². The van der Waals surface area contributed by atoms with E-state index in [9.17, 15) is 15.2 Å². The van der Waals surface area contributed by atoms with Crippen LogP contribution in [0.3, 0.4) is 0 Å². The lowest BCUT2D eigenvalue weighted by Gasteiger charge is -2.16. The fourth-order valence-corrected chi connectivity index (χ4v) is 3.14. The maximum atomic E-state index is 11.0. The molecule has 2 aromatic carbocycles. The number of rotatable bonds is 5. The SMILES string of the molecule is Cn1cc([C@@H](CCO)c2cccc([N+](=O)[O-])c2)c2ccccc21. The van der Waals surface area contributed by atoms with E-state index in [-0.39, 0.29) is 23.1 Å². The number of fused-ring (bicyclic) bond motifs is 1. The smallest absolute Gasteiger partial charge is 0.269 e. The Labute approximate surface area is 133 Å². The number of aryl methyl sites for hydroxylation is 1. The van der Waals surface area contributed by atoms with E-state index in [1.165, 1.54) is 6.07 Å². The summed E-state index contributed by atoms with van der Waals surface area (Å²) in [6.07, 6.45) is 2.57. The van der Waals surface area contributed by atoms with Gasteiger partial charge in [0, 0.05) is 48.8 Å². The molecule has 1 heterocycles. The third-order valence-electron chi connectivity index (χ3n) is 4.20. The molecule has 0 unspecified atom stereocenters. The van der Waals surface area contributed by atoms with Gasteiger partial charge in [-0.2, -0.15) is 0 Å². The lowest BCUT2D eigenvalue weighted by molar-refractivity contribution is -0.384. The molecule has 0 saturated carbocycles. The number of aliphatic hydroxyl groups excluding tert-OH is 1. The van der Waals surface area contributed by atoms with E-state index in [1.54, 1.807) is 12.1 Å². The van der Waals surface area contributed by atoms with Crippen LogP contribution in [0.1, 0.15) is 23.5 Å². The second kappa shape index (κ2) is 6.22. The highest BCUT2D eigenvalue weighted by atomic mass is 16.6. The predicted octanol–water partition coefficient (Wildman–Crippen LogP) is 3.60. The van der Waals surface area contributed by atoms with Gasteiger partial charge in [-0.15, -0.1) is 0 Å². The molecule has 5 heteroatoms. The fraction of sp³-hybridized carbons (Fsp3) is 0.222. The summed E-state index contributed by atoms with van der Waals surface area (Å²) in [5.74, 6) is -0.0778. The van der Waals surface area contributed by atoms with E-state index < -0.39 is 0 Å². The molecule has 5 nitrogen and oxygen atoms in total. The summed E-state index contributed by atoms with van der Waals surface area (Å²) in [6.45, 7) is 0.0244. The van der Waals surface area contributed by atoms with E-state index >= 15 is 0 Å². The molecule has 0 aliphatic heterocycles. The zero-order valence-electron chi connectivity index (χ0n) is 12.8. The average molecular weight is 310 g/mol. The van der Waals surface area contributed by atoms with Gasteiger partial charge in [-0.3, -0.25) is 10.1 Å². The Hall–Kier alpha value is -2.66. The van der Waals surface area contributed by atoms with Crippen molar-refractivity contribution < 1.29 is 10.0 Å². The lowest BCUT2D eigenvalue weighted by atomic mass is 9.88. The largest absolute Gasteiger partial charge is 0.396 e. The molecular formula is C18H18N2O3. The van der Waals surface area contributed by atoms with Crippen LogP contribution in [0.15, 0.2) is 54.7 Å². The van der Waals surface area contributed by atoms with Gasteiger partial charge in [-0.25, -0.2) is 0 Å². The Morgan fingerprint density at radius 3 is 2.74 bits per heavy atom. The van der Waals surface area contributed by atoms with Crippen molar-refractivity contribution in [3.05, 3.63) is 76.0 Å². The quantitative estimate of drug-likeness (QED) is 0.578. The van der Waals surface area contributed by atoms with Gasteiger partial charge >= 0.3 is 0 Å². The fourth-order valence-electron chi connectivity index (χ4n) is 3.14. The van der Waals surface area contributed by atoms with Crippen LogP contribution in [0.5, 0.6) is 0 Å². The van der Waals surface area contributed by atoms with Crippen LogP contribution >= 0.6 is 0 Å². The topological polar surface area (TPSA) is 68.3 Å². The van der Waals surface area contributed by atoms with Crippen molar-refractivity contribution in [2.24, 2.45) is 7.05 Å². The van der Waals surface area contributed by atoms with Crippen LogP contribution in [0.2, 0.25) is 0 Å². The number of benzene rings is 2. The molecular weight excluding hydrogens is 292 g/mol. The van der Waals surface area contributed by atoms with Crippen molar-refractivity contribution in [2.45, 2.75) is 12.3 Å². The van der Waals surface area contributed by atoms with Gasteiger partial charge in [0.25, 0.3) is 5.69 Å². The summed E-state index contributed by atoms with van der Waals surface area (Å²) in [4.78, 5) is 10.7. The van der Waals surface area contributed by atoms with Crippen molar-refractivity contribution in [3.8, 4) is 0 Å². The van der Waals surface area contributed by atoms with Crippen molar-refractivity contribution in [2.75, 3.05) is 6.61 Å². The molecule has 0 aliphatic carbocycles. The van der Waals surface area contributed by atoms with E-state index in [0.29, 0.717) is 6.42 Å². The first-order valence-electron chi connectivity index (χ1n) is 7.51. The molecule has 0 bridgehead atoms. The molecule has 23 heavy (non-hydrogen) atoms. The minimum Gasteiger partial charge on any atom is -0.396 e. The van der Waals surface area contributed by atoms with Crippen molar-refractivity contribution in [1.82, 2.24) is 4.57 Å². The van der Waals surface area contributed by atoms with Gasteiger partial charge < -0.3 is 9.67 Å². The molecule has 3 aromatic rings. The van der Waals surface area contributed by atoms with E-state index in [2.05, 4.69) is 0 Å². The van der Waals surface area contributed by atoms with Gasteiger partial charge in [0.1, 0.15) is 0 Å². The number of nitrogens with zero attached hydrogens (tertiary/aromatic N) is 2. The second-order valence-corrected chi connectivity index (χ2v) is 5.63. The van der Waals surface area contributed by atoms with Gasteiger partial charge in [0.15, 0.2) is 0 Å². The highest BCUT2D eigenvalue weighted by Crippen LogP contribution is 2.35. The minimum absolute atomic E-state index is 0.0244. The van der Waals surface area contributed by atoms with Crippen LogP contribution in [-0.4, -0.2) is 21.2 Å². The first kappa shape index (κ1) is 15.2. The summed E-state index contributed by atoms with van der Waals surface area (Å²) in [5, 5.41) is 21.6. The van der Waals surface area contributed by atoms with Crippen molar-refractivity contribution in [3.63, 3.8) is 0 Å². The molecule has 1 aromatic heterocycles. The maximum absolute atomic E-state index is 11.0. The summed E-state index contributed by atoms with van der Waals surface area (Å²) >= 11 is 0. The first-order valence-corrected chi connectivity index (χ1v) is 7.51. The van der Waals surface area contributed by atoms with Crippen LogP contribution in [0, 0.1) is 10.1 Å². The molecule has 0 amide bonds. The summed E-state index contributed by atoms with van der Waals surface area (Å²) < 4.78 is 2.05. The van der Waals surface area contributed by atoms with E-state index in [0.717, 1.165) is 22.0 Å². The highest BCUT2D eigenvalue weighted by Gasteiger charge is 2.20. The number of aromatic nitrogens is 1. The van der Waals surface area contributed by atoms with Crippen molar-refractivity contribution in [1.29, 1.82) is 0 Å². The molecule has 0 fully saturated rings. The van der Waals surface area contributed by atoms with E-state index in [1.807, 2.05) is 48.1 Å². The molecule has 118 valence electrons. The number of aliphatic hydroxyl groups is 1. The van der Waals surface area contributed by atoms with Gasteiger partial charge in [0.2, 0.25) is 0 Å². The third kappa shape index (κ3) is 2.83. The van der Waals surface area contributed by atoms with Crippen LogP contribution in [-0.2, 0) is 7.05 Å². The summed E-state index contributed by atoms with van der Waals surface area (Å²) in [6, 6.07) is 14.7. The summed E-state index contributed by atoms with van der Waals surface area (Å²) in [5.41, 5.74) is 3.11. The second-order valence-electron chi connectivity index (χ2n) is 5.63. The predicted molar refractivity (Wildman–Crippen MR) is 89.6 cm³/mol. The number of para-hydroxylation sites is 1. The standard InChI is InChI=1S/C18H18N2O3/c1-19-12-17(16-7-2-3-8-18(16)19)15(9-10-21)13-5-4-6-14(11-13)20(22)23/h2-8,11-12,15,21H,9-10H2,1H3/t15-/m0/s1. The number of nitro benzene ring substituents is 1. The minimum atomic E-state index is -0.386. The van der Waals surface area contributed by atoms with Crippen LogP contribution < -0.4 is 0 Å². The molecule has 0 aliphatic rings. The van der Waals surface area contributed by atoms with Crippen molar-refractivity contribution >= 4 is 16.6 Å². The lowest BCUT2D eigenvalue weighted by Crippen LogP contribution is -2.04. The Morgan fingerprint density at radius 1 is 1.22 bits per heavy atom. The average Bonchev–Trinajstić information content (AvgIpc) is 2.90. The maximum Gasteiger partial charge on any atom is 0.269 e. The molecule has 0 spiro atoms. The van der Waals surface area contributed by atoms with Gasteiger partial charge in [0.05, 0.1) is 4.92 Å². The van der Waals surface area contributed by atoms with Gasteiger partial charge in [-0.05, 0) is 23.6 Å². The summed E-state index contributed by atoms with van der Waals surface area (Å²) in [7, 11) is 1.98. The van der Waals surface area contributed by atoms with Crippen LogP contribution in [0.4, 0.5) is 5.69 Å².